The lowest BCUT2D eigenvalue weighted by Gasteiger charge is -2.35. The number of aromatic nitrogens is 2. The van der Waals surface area contributed by atoms with Crippen molar-refractivity contribution in [2.45, 2.75) is 32.5 Å². The van der Waals surface area contributed by atoms with Crippen molar-refractivity contribution in [2.24, 2.45) is 5.73 Å². The molecular weight excluding hydrogens is 407 g/mol. The van der Waals surface area contributed by atoms with Gasteiger partial charge in [0.25, 0.3) is 5.91 Å². The van der Waals surface area contributed by atoms with E-state index in [0.29, 0.717) is 23.8 Å². The first-order chi connectivity index (χ1) is 13.6. The summed E-state index contributed by atoms with van der Waals surface area (Å²) in [6.07, 6.45) is -2.67. The molecule has 2 heterocycles. The molecule has 3 rings (SSSR count). The van der Waals surface area contributed by atoms with Crippen molar-refractivity contribution in [3.05, 3.63) is 63.7 Å². The molecule has 1 aromatic carbocycles. The van der Waals surface area contributed by atoms with Gasteiger partial charge in [-0.2, -0.15) is 13.2 Å². The van der Waals surface area contributed by atoms with E-state index in [1.807, 2.05) is 6.92 Å². The van der Waals surface area contributed by atoms with Crippen LogP contribution >= 0.6 is 11.6 Å². The molecule has 29 heavy (non-hydrogen) atoms. The van der Waals surface area contributed by atoms with Crippen LogP contribution < -0.4 is 11.1 Å². The van der Waals surface area contributed by atoms with E-state index in [1.54, 1.807) is 19.2 Å². The van der Waals surface area contributed by atoms with Crippen molar-refractivity contribution in [3.63, 3.8) is 0 Å². The number of nitrogens with two attached hydrogens (primary N) is 1. The number of nitrogens with one attached hydrogen (secondary N) is 1. The Morgan fingerprint density at radius 1 is 1.34 bits per heavy atom. The maximum Gasteiger partial charge on any atom is 0.417 e. The maximum absolute atomic E-state index is 13.1. The van der Waals surface area contributed by atoms with Gasteiger partial charge in [-0.3, -0.25) is 4.79 Å². The molecule has 2 aromatic rings. The molecule has 1 aromatic heterocycles. The minimum Gasteiger partial charge on any atom is -0.399 e. The van der Waals surface area contributed by atoms with Gasteiger partial charge in [-0.1, -0.05) is 17.7 Å². The van der Waals surface area contributed by atoms with Gasteiger partial charge >= 0.3 is 6.18 Å². The van der Waals surface area contributed by atoms with Gasteiger partial charge in [-0.15, -0.1) is 0 Å². The smallest absolute Gasteiger partial charge is 0.399 e. The molecule has 1 aliphatic heterocycles. The van der Waals surface area contributed by atoms with Crippen molar-refractivity contribution >= 4 is 23.5 Å². The van der Waals surface area contributed by atoms with E-state index in [0.717, 1.165) is 17.8 Å². The van der Waals surface area contributed by atoms with Gasteiger partial charge in [-0.25, -0.2) is 9.97 Å². The molecule has 0 saturated carbocycles. The average molecular weight is 426 g/mol. The number of carbonyl (C=O) groups is 1. The second kappa shape index (κ2) is 7.90. The first kappa shape index (κ1) is 20.9. The quantitative estimate of drug-likeness (QED) is 0.777. The number of halogens is 4. The van der Waals surface area contributed by atoms with Gasteiger partial charge in [-0.05, 0) is 32.0 Å². The van der Waals surface area contributed by atoms with E-state index in [1.165, 1.54) is 11.0 Å². The van der Waals surface area contributed by atoms with E-state index in [4.69, 9.17) is 17.3 Å². The number of nitrogens with zero attached hydrogens (tertiary/aromatic N) is 3. The van der Waals surface area contributed by atoms with Crippen LogP contribution in [0.3, 0.4) is 0 Å². The second-order valence-corrected chi connectivity index (χ2v) is 7.05. The fourth-order valence-electron chi connectivity index (χ4n) is 3.12. The molecule has 1 atom stereocenters. The predicted octanol–water partition coefficient (Wildman–Crippen LogP) is 3.97. The maximum atomic E-state index is 13.1. The van der Waals surface area contributed by atoms with Gasteiger partial charge in [0.05, 0.1) is 27.9 Å². The molecule has 154 valence electrons. The van der Waals surface area contributed by atoms with Gasteiger partial charge in [0, 0.05) is 30.6 Å². The Labute approximate surface area is 170 Å². The van der Waals surface area contributed by atoms with Crippen LogP contribution in [0.2, 0.25) is 5.02 Å². The number of anilines is 1. The molecule has 10 heteroatoms. The topological polar surface area (TPSA) is 84.1 Å². The summed E-state index contributed by atoms with van der Waals surface area (Å²) in [5.41, 5.74) is 6.79. The summed E-state index contributed by atoms with van der Waals surface area (Å²) in [6, 6.07) is 4.50. The number of hydrogen-bond donors (Lipinski definition) is 2. The van der Waals surface area contributed by atoms with E-state index >= 15 is 0 Å². The van der Waals surface area contributed by atoms with Crippen LogP contribution in [-0.4, -0.2) is 33.4 Å². The highest BCUT2D eigenvalue weighted by Crippen LogP contribution is 2.37. The number of aryl methyl sites for hydroxylation is 1. The highest BCUT2D eigenvalue weighted by Gasteiger charge is 2.36. The van der Waals surface area contributed by atoms with Crippen LogP contribution in [0.5, 0.6) is 0 Å². The zero-order valence-electron chi connectivity index (χ0n) is 15.7. The summed E-state index contributed by atoms with van der Waals surface area (Å²) < 4.78 is 39.3. The minimum absolute atomic E-state index is 0.209. The molecule has 0 radical (unpaired) electrons. The van der Waals surface area contributed by atoms with Crippen molar-refractivity contribution < 1.29 is 18.0 Å². The van der Waals surface area contributed by atoms with Crippen LogP contribution in [0.1, 0.15) is 35.0 Å². The summed E-state index contributed by atoms with van der Waals surface area (Å²) in [5, 5.41) is 2.45. The highest BCUT2D eigenvalue weighted by molar-refractivity contribution is 6.34. The first-order valence-corrected chi connectivity index (χ1v) is 9.19. The largest absolute Gasteiger partial charge is 0.417 e. The predicted molar refractivity (Wildman–Crippen MR) is 103 cm³/mol. The molecule has 0 aliphatic carbocycles. The van der Waals surface area contributed by atoms with E-state index in [-0.39, 0.29) is 12.1 Å². The number of amides is 1. The van der Waals surface area contributed by atoms with Crippen molar-refractivity contribution in [1.29, 1.82) is 0 Å². The number of alkyl halides is 3. The number of hydrogen-bond acceptors (Lipinski definition) is 5. The minimum atomic E-state index is -4.65. The van der Waals surface area contributed by atoms with Crippen molar-refractivity contribution in [3.8, 4) is 0 Å². The molecule has 0 bridgehead atoms. The van der Waals surface area contributed by atoms with Crippen LogP contribution in [0.4, 0.5) is 19.1 Å². The zero-order chi connectivity index (χ0) is 21.3. The fourth-order valence-corrected chi connectivity index (χ4v) is 3.43. The highest BCUT2D eigenvalue weighted by atomic mass is 35.5. The summed E-state index contributed by atoms with van der Waals surface area (Å²) in [7, 11) is 0. The molecule has 1 amide bonds. The Balaban J connectivity index is 1.85. The monoisotopic (exact) mass is 425 g/mol. The Morgan fingerprint density at radius 3 is 2.72 bits per heavy atom. The standard InChI is InChI=1S/C19H19ClF3N5O/c1-10-6-8-25-18(26-10)27-14-7-9-28(11(2)16(14)24)17(29)12-4-3-5-13(15(12)20)19(21,22)23/h3-6,8,11H,7,9,24H2,1-2H3,(H,25,26,27). The molecular formula is C19H19ClF3N5O. The number of rotatable bonds is 3. The summed E-state index contributed by atoms with van der Waals surface area (Å²) in [6.45, 7) is 3.78. The lowest BCUT2D eigenvalue weighted by Crippen LogP contribution is -2.46. The Bertz CT molecular complexity index is 977. The van der Waals surface area contributed by atoms with E-state index < -0.39 is 28.7 Å². The average Bonchev–Trinajstić information content (AvgIpc) is 2.64. The Hall–Kier alpha value is -2.81. The fraction of sp³-hybridized carbons (Fsp3) is 0.316. The molecule has 1 unspecified atom stereocenters. The molecule has 6 nitrogen and oxygen atoms in total. The SMILES string of the molecule is Cc1ccnc(NC2=C(N)C(C)N(C(=O)c3cccc(C(F)(F)F)c3Cl)CC2)n1. The van der Waals surface area contributed by atoms with Crippen LogP contribution in [0, 0.1) is 6.92 Å². The summed E-state index contributed by atoms with van der Waals surface area (Å²) in [5.74, 6) is -0.224. The van der Waals surface area contributed by atoms with Crippen LogP contribution in [0.25, 0.3) is 0 Å². The van der Waals surface area contributed by atoms with Gasteiger partial charge < -0.3 is 16.0 Å². The lowest BCUT2D eigenvalue weighted by molar-refractivity contribution is -0.137. The van der Waals surface area contributed by atoms with E-state index in [2.05, 4.69) is 15.3 Å². The number of carbonyl (C=O) groups excluding carboxylic acids is 1. The molecule has 1 aliphatic rings. The molecule has 0 saturated heterocycles. The van der Waals surface area contributed by atoms with Crippen molar-refractivity contribution in [2.75, 3.05) is 11.9 Å². The Morgan fingerprint density at radius 2 is 2.07 bits per heavy atom. The van der Waals surface area contributed by atoms with E-state index in [9.17, 15) is 18.0 Å². The number of benzene rings is 1. The summed E-state index contributed by atoms with van der Waals surface area (Å²) in [4.78, 5) is 22.7. The Kier molecular flexibility index (Phi) is 5.70. The van der Waals surface area contributed by atoms with Crippen molar-refractivity contribution in [1.82, 2.24) is 14.9 Å². The van der Waals surface area contributed by atoms with Crippen LogP contribution in [-0.2, 0) is 6.18 Å². The van der Waals surface area contributed by atoms with Gasteiger partial charge in [0.1, 0.15) is 0 Å². The third-order valence-corrected chi connectivity index (χ3v) is 5.13. The molecule has 0 spiro atoms. The first-order valence-electron chi connectivity index (χ1n) is 8.81. The third kappa shape index (κ3) is 4.29. The van der Waals surface area contributed by atoms with Crippen LogP contribution in [0.15, 0.2) is 41.9 Å². The zero-order valence-corrected chi connectivity index (χ0v) is 16.5. The molecule has 3 N–H and O–H groups in total. The summed E-state index contributed by atoms with van der Waals surface area (Å²) >= 11 is 5.90. The molecule has 0 fully saturated rings. The lowest BCUT2D eigenvalue weighted by atomic mass is 10.0. The third-order valence-electron chi connectivity index (χ3n) is 4.72. The normalized spacial score (nSPS) is 17.4. The van der Waals surface area contributed by atoms with Gasteiger partial charge in [0.15, 0.2) is 0 Å². The second-order valence-electron chi connectivity index (χ2n) is 6.67. The van der Waals surface area contributed by atoms with Gasteiger partial charge in [0.2, 0.25) is 5.95 Å².